The predicted octanol–water partition coefficient (Wildman–Crippen LogP) is 3.76. The molecule has 0 amide bonds. The van der Waals surface area contributed by atoms with E-state index in [9.17, 15) is 0 Å². The van der Waals surface area contributed by atoms with Crippen LogP contribution in [0.2, 0.25) is 0 Å². The number of carboxylic acid groups (broad SMARTS) is 2. The Morgan fingerprint density at radius 2 is 1.87 bits per heavy atom. The molecule has 1 saturated heterocycles. The number of nitrogens with zero attached hydrogens (tertiary/aromatic N) is 1. The first kappa shape index (κ1) is 25.9. The number of unbranched alkanes of at least 4 members (excludes halogenated alkanes) is 2. The van der Waals surface area contributed by atoms with Gasteiger partial charge in [0.05, 0.1) is 12.7 Å². The molecule has 2 rings (SSSR count). The molecule has 0 bridgehead atoms. The maximum atomic E-state index is 9.10. The van der Waals surface area contributed by atoms with E-state index in [1.165, 1.54) is 49.9 Å². The third-order valence-electron chi connectivity index (χ3n) is 5.64. The molecule has 0 unspecified atom stereocenters. The third-order valence-corrected chi connectivity index (χ3v) is 5.64. The summed E-state index contributed by atoms with van der Waals surface area (Å²) in [5, 5.41) is 14.8. The Morgan fingerprint density at radius 1 is 1.17 bits per heavy atom. The average molecular weight is 424 g/mol. The molecule has 30 heavy (non-hydrogen) atoms. The minimum absolute atomic E-state index is 0.350. The number of piperidine rings is 1. The molecule has 0 aliphatic carbocycles. The minimum atomic E-state index is -1.82. The molecule has 1 aromatic carbocycles. The van der Waals surface area contributed by atoms with Crippen molar-refractivity contribution in [3.8, 4) is 5.75 Å². The van der Waals surface area contributed by atoms with Gasteiger partial charge in [-0.25, -0.2) is 9.59 Å². The fraction of sp³-hybridized carbons (Fsp3) is 0.652. The van der Waals surface area contributed by atoms with Crippen LogP contribution in [0.15, 0.2) is 18.2 Å². The first-order valence-electron chi connectivity index (χ1n) is 10.7. The predicted molar refractivity (Wildman–Crippen MR) is 116 cm³/mol. The number of ether oxygens (including phenoxy) is 2. The Kier molecular flexibility index (Phi) is 12.1. The lowest BCUT2D eigenvalue weighted by Crippen LogP contribution is -2.45. The topological polar surface area (TPSA) is 96.3 Å². The van der Waals surface area contributed by atoms with Crippen LogP contribution in [-0.4, -0.2) is 66.5 Å². The summed E-state index contributed by atoms with van der Waals surface area (Å²) in [5.41, 5.74) is 2.55. The zero-order valence-electron chi connectivity index (χ0n) is 18.7. The van der Waals surface area contributed by atoms with Crippen LogP contribution in [0, 0.1) is 19.8 Å². The molecule has 2 N–H and O–H groups in total. The molecule has 0 radical (unpaired) electrons. The molecule has 0 spiro atoms. The Hall–Kier alpha value is -2.12. The summed E-state index contributed by atoms with van der Waals surface area (Å²) in [4.78, 5) is 20.8. The van der Waals surface area contributed by atoms with Crippen LogP contribution < -0.4 is 4.74 Å². The Morgan fingerprint density at radius 3 is 2.47 bits per heavy atom. The minimum Gasteiger partial charge on any atom is -0.493 e. The standard InChI is InChI=1S/C21H35NO2.C2H2O4/c1-5-6-7-13-22-14-11-19(21(16-22)23-4)12-15-24-20-10-8-9-17(2)18(20)3;3-1(4)2(5)6/h8-10,19,21H,5-7,11-16H2,1-4H3;(H,3,4)(H,5,6)/t19-,21+;/m1./s1. The Labute approximate surface area is 180 Å². The molecular formula is C23H37NO6. The van der Waals surface area contributed by atoms with Gasteiger partial charge in [-0.15, -0.1) is 0 Å². The van der Waals surface area contributed by atoms with Crippen molar-refractivity contribution in [2.45, 2.75) is 59.0 Å². The zero-order valence-corrected chi connectivity index (χ0v) is 18.7. The lowest BCUT2D eigenvalue weighted by molar-refractivity contribution is -0.159. The number of aryl methyl sites for hydroxylation is 1. The van der Waals surface area contributed by atoms with Gasteiger partial charge in [-0.2, -0.15) is 0 Å². The number of hydrogen-bond acceptors (Lipinski definition) is 5. The summed E-state index contributed by atoms with van der Waals surface area (Å²) < 4.78 is 11.8. The Balaban J connectivity index is 0.000000656. The maximum absolute atomic E-state index is 9.10. The smallest absolute Gasteiger partial charge is 0.414 e. The van der Waals surface area contributed by atoms with Crippen LogP contribution in [0.3, 0.4) is 0 Å². The van der Waals surface area contributed by atoms with E-state index in [2.05, 4.69) is 43.9 Å². The highest BCUT2D eigenvalue weighted by molar-refractivity contribution is 6.27. The van der Waals surface area contributed by atoms with Crippen LogP contribution in [-0.2, 0) is 14.3 Å². The van der Waals surface area contributed by atoms with E-state index in [-0.39, 0.29) is 0 Å². The first-order valence-corrected chi connectivity index (χ1v) is 10.7. The second-order valence-corrected chi connectivity index (χ2v) is 7.78. The first-order chi connectivity index (χ1) is 14.3. The summed E-state index contributed by atoms with van der Waals surface area (Å²) in [6.07, 6.45) is 6.59. The SMILES string of the molecule is CCCCCN1CC[C@H](CCOc2cccc(C)c2C)[C@@H](OC)C1.O=C(O)C(=O)O. The molecule has 1 aliphatic rings. The molecule has 1 aliphatic heterocycles. The molecule has 1 fully saturated rings. The van der Waals surface area contributed by atoms with Gasteiger partial charge in [0.1, 0.15) is 5.75 Å². The summed E-state index contributed by atoms with van der Waals surface area (Å²) in [5.74, 6) is -2.01. The van der Waals surface area contributed by atoms with Gasteiger partial charge < -0.3 is 24.6 Å². The molecule has 0 saturated carbocycles. The molecule has 170 valence electrons. The van der Waals surface area contributed by atoms with Gasteiger partial charge in [-0.3, -0.25) is 0 Å². The van der Waals surface area contributed by atoms with Crippen LogP contribution in [0.1, 0.15) is 50.2 Å². The molecule has 0 aromatic heterocycles. The van der Waals surface area contributed by atoms with Crippen molar-refractivity contribution in [1.82, 2.24) is 4.90 Å². The second-order valence-electron chi connectivity index (χ2n) is 7.78. The molecule has 1 aromatic rings. The molecule has 7 heteroatoms. The van der Waals surface area contributed by atoms with Gasteiger partial charge in [0, 0.05) is 13.7 Å². The molecule has 1 heterocycles. The van der Waals surface area contributed by atoms with Gasteiger partial charge in [-0.05, 0) is 69.3 Å². The Bertz CT molecular complexity index is 651. The maximum Gasteiger partial charge on any atom is 0.414 e. The highest BCUT2D eigenvalue weighted by Crippen LogP contribution is 2.25. The fourth-order valence-electron chi connectivity index (χ4n) is 3.62. The highest BCUT2D eigenvalue weighted by atomic mass is 16.5. The van der Waals surface area contributed by atoms with E-state index in [0.717, 1.165) is 25.3 Å². The van der Waals surface area contributed by atoms with Crippen molar-refractivity contribution in [2.24, 2.45) is 5.92 Å². The monoisotopic (exact) mass is 423 g/mol. The van der Waals surface area contributed by atoms with Crippen LogP contribution in [0.25, 0.3) is 0 Å². The number of carbonyl (C=O) groups is 2. The number of benzene rings is 1. The molecule has 2 atom stereocenters. The number of hydrogen-bond donors (Lipinski definition) is 2. The average Bonchev–Trinajstić information content (AvgIpc) is 2.72. The molecule has 7 nitrogen and oxygen atoms in total. The lowest BCUT2D eigenvalue weighted by Gasteiger charge is -2.37. The van der Waals surface area contributed by atoms with Crippen molar-refractivity contribution in [3.05, 3.63) is 29.3 Å². The highest BCUT2D eigenvalue weighted by Gasteiger charge is 2.28. The van der Waals surface area contributed by atoms with E-state index in [1.807, 2.05) is 7.11 Å². The summed E-state index contributed by atoms with van der Waals surface area (Å²) in [7, 11) is 1.86. The number of methoxy groups -OCH3 is 1. The van der Waals surface area contributed by atoms with Crippen molar-refractivity contribution < 1.29 is 29.3 Å². The van der Waals surface area contributed by atoms with Gasteiger partial charge in [0.15, 0.2) is 0 Å². The number of likely N-dealkylation sites (tertiary alicyclic amines) is 1. The van der Waals surface area contributed by atoms with Gasteiger partial charge in [-0.1, -0.05) is 31.9 Å². The quantitative estimate of drug-likeness (QED) is 0.461. The van der Waals surface area contributed by atoms with Crippen LogP contribution in [0.4, 0.5) is 0 Å². The van der Waals surface area contributed by atoms with Gasteiger partial charge in [0.2, 0.25) is 0 Å². The van der Waals surface area contributed by atoms with Crippen molar-refractivity contribution in [1.29, 1.82) is 0 Å². The van der Waals surface area contributed by atoms with Crippen molar-refractivity contribution in [2.75, 3.05) is 33.4 Å². The third kappa shape index (κ3) is 9.13. The van der Waals surface area contributed by atoms with Crippen LogP contribution in [0.5, 0.6) is 5.75 Å². The van der Waals surface area contributed by atoms with Crippen molar-refractivity contribution >= 4 is 11.9 Å². The van der Waals surface area contributed by atoms with E-state index in [1.54, 1.807) is 0 Å². The van der Waals surface area contributed by atoms with Crippen molar-refractivity contribution in [3.63, 3.8) is 0 Å². The van der Waals surface area contributed by atoms with E-state index in [0.29, 0.717) is 12.0 Å². The summed E-state index contributed by atoms with van der Waals surface area (Å²) in [6, 6.07) is 6.29. The number of carboxylic acids is 2. The van der Waals surface area contributed by atoms with E-state index < -0.39 is 11.9 Å². The summed E-state index contributed by atoms with van der Waals surface area (Å²) >= 11 is 0. The lowest BCUT2D eigenvalue weighted by atomic mass is 9.90. The number of rotatable bonds is 9. The second kappa shape index (κ2) is 14.0. The van der Waals surface area contributed by atoms with Gasteiger partial charge in [0.25, 0.3) is 0 Å². The fourth-order valence-corrected chi connectivity index (χ4v) is 3.62. The normalized spacial score (nSPS) is 18.9. The van der Waals surface area contributed by atoms with Gasteiger partial charge >= 0.3 is 11.9 Å². The van der Waals surface area contributed by atoms with E-state index in [4.69, 9.17) is 29.3 Å². The van der Waals surface area contributed by atoms with Crippen LogP contribution >= 0.6 is 0 Å². The van der Waals surface area contributed by atoms with E-state index >= 15 is 0 Å². The molecular weight excluding hydrogens is 386 g/mol. The largest absolute Gasteiger partial charge is 0.493 e. The summed E-state index contributed by atoms with van der Waals surface area (Å²) in [6.45, 7) is 10.8. The number of aliphatic carboxylic acids is 2. The zero-order chi connectivity index (χ0) is 22.5.